The minimum absolute atomic E-state index is 0.238. The van der Waals surface area contributed by atoms with Gasteiger partial charge in [-0.3, -0.25) is 4.79 Å². The van der Waals surface area contributed by atoms with Crippen molar-refractivity contribution in [3.63, 3.8) is 0 Å². The van der Waals surface area contributed by atoms with Crippen LogP contribution < -0.4 is 0 Å². The summed E-state index contributed by atoms with van der Waals surface area (Å²) in [5.74, 6) is 0.278. The van der Waals surface area contributed by atoms with Crippen molar-refractivity contribution in [1.82, 2.24) is 9.80 Å². The van der Waals surface area contributed by atoms with Crippen molar-refractivity contribution in [2.75, 3.05) is 26.7 Å². The second-order valence-electron chi connectivity index (χ2n) is 8.71. The molecule has 0 bridgehead atoms. The molecule has 4 rings (SSSR count). The van der Waals surface area contributed by atoms with Crippen LogP contribution in [0, 0.1) is 6.92 Å². The van der Waals surface area contributed by atoms with Gasteiger partial charge in [-0.05, 0) is 25.3 Å². The van der Waals surface area contributed by atoms with E-state index in [1.807, 2.05) is 4.90 Å². The number of hydrogen-bond donors (Lipinski definition) is 0. The van der Waals surface area contributed by atoms with Crippen LogP contribution in [0.4, 0.5) is 4.79 Å². The molecule has 3 fully saturated rings. The van der Waals surface area contributed by atoms with Crippen molar-refractivity contribution < 1.29 is 14.3 Å². The van der Waals surface area contributed by atoms with E-state index in [1.165, 1.54) is 17.5 Å². The van der Waals surface area contributed by atoms with E-state index in [2.05, 4.69) is 31.2 Å². The lowest BCUT2D eigenvalue weighted by atomic mass is 9.68. The number of likely N-dealkylation sites (N-methyl/N-ethyl adjacent to an activating group) is 1. The Labute approximate surface area is 161 Å². The fraction of sp³-hybridized carbons (Fsp3) is 0.636. The van der Waals surface area contributed by atoms with Gasteiger partial charge in [0.25, 0.3) is 0 Å². The summed E-state index contributed by atoms with van der Waals surface area (Å²) >= 11 is 0. The third-order valence-corrected chi connectivity index (χ3v) is 6.79. The van der Waals surface area contributed by atoms with Crippen LogP contribution in [0.25, 0.3) is 0 Å². The Bertz CT molecular complexity index is 731. The average Bonchev–Trinajstić information content (AvgIpc) is 2.95. The summed E-state index contributed by atoms with van der Waals surface area (Å²) in [6.07, 6.45) is 6.55. The maximum absolute atomic E-state index is 13.7. The molecule has 0 radical (unpaired) electrons. The molecule has 2 aliphatic heterocycles. The Kier molecular flexibility index (Phi) is 4.65. The van der Waals surface area contributed by atoms with Crippen molar-refractivity contribution in [3.8, 4) is 0 Å². The molecule has 1 aromatic rings. The number of piperidine rings is 1. The summed E-state index contributed by atoms with van der Waals surface area (Å²) in [5, 5.41) is 0. The van der Waals surface area contributed by atoms with Crippen molar-refractivity contribution in [2.45, 2.75) is 62.9 Å². The highest BCUT2D eigenvalue weighted by atomic mass is 16.6. The number of likely N-dealkylation sites (tertiary alicyclic amines) is 1. The number of ether oxygens (including phenoxy) is 1. The Balaban J connectivity index is 1.54. The summed E-state index contributed by atoms with van der Waals surface area (Å²) < 4.78 is 5.65. The van der Waals surface area contributed by atoms with Gasteiger partial charge in [-0.25, -0.2) is 4.79 Å². The van der Waals surface area contributed by atoms with Gasteiger partial charge in [-0.1, -0.05) is 49.1 Å². The van der Waals surface area contributed by atoms with Crippen molar-refractivity contribution in [3.05, 3.63) is 35.4 Å². The number of carbonyl (C=O) groups excluding carboxylic acids is 2. The lowest BCUT2D eigenvalue weighted by Crippen LogP contribution is -2.54. The minimum Gasteiger partial charge on any atom is -0.441 e. The molecule has 5 nitrogen and oxygen atoms in total. The first-order valence-electron chi connectivity index (χ1n) is 10.2. The van der Waals surface area contributed by atoms with Gasteiger partial charge in [0.2, 0.25) is 5.91 Å². The molecule has 0 N–H and O–H groups in total. The molecule has 27 heavy (non-hydrogen) atoms. The highest BCUT2D eigenvalue weighted by molar-refractivity contribution is 5.88. The van der Waals surface area contributed by atoms with E-state index in [0.717, 1.165) is 38.5 Å². The van der Waals surface area contributed by atoms with Gasteiger partial charge >= 0.3 is 6.09 Å². The SMILES string of the molecule is Cc1cccc(C2(C(=O)N3CCC4(CC3)CN(C)C(=O)O4)CCCCC2)c1. The van der Waals surface area contributed by atoms with Gasteiger partial charge in [0.05, 0.1) is 12.0 Å². The maximum Gasteiger partial charge on any atom is 0.410 e. The number of hydrogen-bond acceptors (Lipinski definition) is 3. The lowest BCUT2D eigenvalue weighted by molar-refractivity contribution is -0.142. The van der Waals surface area contributed by atoms with E-state index in [9.17, 15) is 9.59 Å². The van der Waals surface area contributed by atoms with Crippen LogP contribution in [-0.4, -0.2) is 54.1 Å². The fourth-order valence-electron chi connectivity index (χ4n) is 5.20. The van der Waals surface area contributed by atoms with Gasteiger partial charge in [0.1, 0.15) is 5.60 Å². The Morgan fingerprint density at radius 1 is 1.07 bits per heavy atom. The molecule has 1 spiro atoms. The molecule has 3 aliphatic rings. The summed E-state index contributed by atoms with van der Waals surface area (Å²) in [7, 11) is 1.78. The highest BCUT2D eigenvalue weighted by Crippen LogP contribution is 2.43. The van der Waals surface area contributed by atoms with E-state index in [0.29, 0.717) is 19.6 Å². The van der Waals surface area contributed by atoms with Crippen LogP contribution in [0.15, 0.2) is 24.3 Å². The Hall–Kier alpha value is -2.04. The lowest BCUT2D eigenvalue weighted by Gasteiger charge is -2.44. The number of nitrogens with zero attached hydrogens (tertiary/aromatic N) is 2. The van der Waals surface area contributed by atoms with Gasteiger partial charge in [-0.15, -0.1) is 0 Å². The molecule has 2 saturated heterocycles. The van der Waals surface area contributed by atoms with Crippen molar-refractivity contribution in [1.29, 1.82) is 0 Å². The van der Waals surface area contributed by atoms with E-state index < -0.39 is 5.60 Å². The standard InChI is InChI=1S/C22H30N2O3/c1-17-7-6-8-18(15-17)22(9-4-3-5-10-22)19(25)24-13-11-21(12-14-24)16-23(2)20(26)27-21/h6-8,15H,3-5,9-14,16H2,1-2H3. The zero-order valence-corrected chi connectivity index (χ0v) is 16.5. The van der Waals surface area contributed by atoms with Gasteiger partial charge in [0, 0.05) is 33.0 Å². The molecule has 5 heteroatoms. The maximum atomic E-state index is 13.7. The van der Waals surface area contributed by atoms with Gasteiger partial charge in [-0.2, -0.15) is 0 Å². The highest BCUT2D eigenvalue weighted by Gasteiger charge is 2.49. The smallest absolute Gasteiger partial charge is 0.410 e. The molecule has 2 heterocycles. The molecule has 0 unspecified atom stereocenters. The number of rotatable bonds is 2. The van der Waals surface area contributed by atoms with E-state index in [1.54, 1.807) is 11.9 Å². The van der Waals surface area contributed by atoms with Crippen LogP contribution >= 0.6 is 0 Å². The molecule has 146 valence electrons. The summed E-state index contributed by atoms with van der Waals surface area (Å²) in [5.41, 5.74) is 1.62. The van der Waals surface area contributed by atoms with Crippen LogP contribution in [0.1, 0.15) is 56.1 Å². The number of benzene rings is 1. The van der Waals surface area contributed by atoms with Crippen molar-refractivity contribution >= 4 is 12.0 Å². The van der Waals surface area contributed by atoms with Gasteiger partial charge < -0.3 is 14.5 Å². The topological polar surface area (TPSA) is 49.9 Å². The predicted molar refractivity (Wildman–Crippen MR) is 104 cm³/mol. The first-order valence-corrected chi connectivity index (χ1v) is 10.2. The van der Waals surface area contributed by atoms with E-state index in [4.69, 9.17) is 4.74 Å². The zero-order valence-electron chi connectivity index (χ0n) is 16.5. The fourth-order valence-corrected chi connectivity index (χ4v) is 5.20. The molecule has 1 aliphatic carbocycles. The molecule has 2 amide bonds. The quantitative estimate of drug-likeness (QED) is 0.799. The molecule has 0 atom stereocenters. The first-order chi connectivity index (χ1) is 12.9. The Morgan fingerprint density at radius 3 is 2.37 bits per heavy atom. The van der Waals surface area contributed by atoms with Crippen molar-refractivity contribution in [2.24, 2.45) is 0 Å². The number of carbonyl (C=O) groups is 2. The molecular formula is C22H30N2O3. The molecule has 0 aromatic heterocycles. The number of amides is 2. The minimum atomic E-state index is -0.397. The second kappa shape index (κ2) is 6.84. The summed E-state index contributed by atoms with van der Waals surface area (Å²) in [4.78, 5) is 29.2. The molecule has 1 aromatic carbocycles. The third kappa shape index (κ3) is 3.21. The summed E-state index contributed by atoms with van der Waals surface area (Å²) in [6, 6.07) is 8.51. The van der Waals surface area contributed by atoms with Crippen LogP contribution in [0.3, 0.4) is 0 Å². The number of aryl methyl sites for hydroxylation is 1. The van der Waals surface area contributed by atoms with Gasteiger partial charge in [0.15, 0.2) is 0 Å². The zero-order chi connectivity index (χ0) is 19.1. The normalized spacial score (nSPS) is 24.1. The van der Waals surface area contributed by atoms with Crippen LogP contribution in [0.2, 0.25) is 0 Å². The monoisotopic (exact) mass is 370 g/mol. The van der Waals surface area contributed by atoms with E-state index in [-0.39, 0.29) is 17.4 Å². The Morgan fingerprint density at radius 2 is 1.78 bits per heavy atom. The van der Waals surface area contributed by atoms with E-state index >= 15 is 0 Å². The molecule has 1 saturated carbocycles. The predicted octanol–water partition coefficient (Wildman–Crippen LogP) is 3.64. The summed E-state index contributed by atoms with van der Waals surface area (Å²) in [6.45, 7) is 4.08. The largest absolute Gasteiger partial charge is 0.441 e. The third-order valence-electron chi connectivity index (χ3n) is 6.79. The average molecular weight is 370 g/mol. The second-order valence-corrected chi connectivity index (χ2v) is 8.71. The van der Waals surface area contributed by atoms with Crippen LogP contribution in [-0.2, 0) is 14.9 Å². The van der Waals surface area contributed by atoms with Crippen LogP contribution in [0.5, 0.6) is 0 Å². The molecular weight excluding hydrogens is 340 g/mol. The first kappa shape index (κ1) is 18.3.